The standard InChI is InChI=1S/C15H11Cl/c16-13-7-9-15-12(10-13)6-8-14(15)11-4-2-1-3-5-11/h1-5,7-10H,6H2/i1D,2D,3D,4D,5D. The highest BCUT2D eigenvalue weighted by atomic mass is 35.5. The quantitative estimate of drug-likeness (QED) is 0.686. The van der Waals surface area contributed by atoms with Crippen molar-refractivity contribution in [3.8, 4) is 0 Å². The molecule has 78 valence electrons. The molecule has 2 aromatic carbocycles. The second-order valence-electron chi connectivity index (χ2n) is 3.62. The highest BCUT2D eigenvalue weighted by Crippen LogP contribution is 2.33. The molecular formula is C15H11Cl. The zero-order valence-corrected chi connectivity index (χ0v) is 9.15. The average molecular weight is 232 g/mol. The van der Waals surface area contributed by atoms with Crippen LogP contribution in [0.15, 0.2) is 54.5 Å². The molecular weight excluding hydrogens is 216 g/mol. The minimum atomic E-state index is -0.372. The molecule has 1 aliphatic carbocycles. The third-order valence-electron chi connectivity index (χ3n) is 2.65. The summed E-state index contributed by atoms with van der Waals surface area (Å²) < 4.78 is 39.3. The number of hydrogen-bond acceptors (Lipinski definition) is 0. The van der Waals surface area contributed by atoms with Gasteiger partial charge < -0.3 is 0 Å². The van der Waals surface area contributed by atoms with Gasteiger partial charge in [0.25, 0.3) is 0 Å². The van der Waals surface area contributed by atoms with Crippen LogP contribution in [0.3, 0.4) is 0 Å². The predicted octanol–water partition coefficient (Wildman–Crippen LogP) is 4.33. The molecule has 0 unspecified atom stereocenters. The van der Waals surface area contributed by atoms with Crippen molar-refractivity contribution in [2.75, 3.05) is 0 Å². The monoisotopic (exact) mass is 231 g/mol. The van der Waals surface area contributed by atoms with E-state index in [4.69, 9.17) is 18.5 Å². The van der Waals surface area contributed by atoms with Crippen LogP contribution in [0, 0.1) is 0 Å². The number of allylic oxidation sites excluding steroid dienone is 1. The molecule has 0 saturated heterocycles. The van der Waals surface area contributed by atoms with Crippen LogP contribution >= 0.6 is 11.6 Å². The molecule has 2 aromatic rings. The third kappa shape index (κ3) is 1.56. The second-order valence-corrected chi connectivity index (χ2v) is 4.06. The Hall–Kier alpha value is -1.53. The molecule has 0 N–H and O–H groups in total. The largest absolute Gasteiger partial charge is 0.0843 e. The van der Waals surface area contributed by atoms with Crippen molar-refractivity contribution in [3.05, 3.63) is 76.2 Å². The van der Waals surface area contributed by atoms with Crippen molar-refractivity contribution in [1.82, 2.24) is 0 Å². The number of benzene rings is 2. The number of rotatable bonds is 1. The second kappa shape index (κ2) is 3.80. The van der Waals surface area contributed by atoms with Gasteiger partial charge in [-0.1, -0.05) is 54.0 Å². The highest BCUT2D eigenvalue weighted by molar-refractivity contribution is 6.30. The fourth-order valence-corrected chi connectivity index (χ4v) is 2.13. The van der Waals surface area contributed by atoms with Crippen LogP contribution in [0.25, 0.3) is 5.57 Å². The summed E-state index contributed by atoms with van der Waals surface area (Å²) in [6, 6.07) is 4.08. The van der Waals surface area contributed by atoms with Crippen molar-refractivity contribution in [3.63, 3.8) is 0 Å². The Morgan fingerprint density at radius 2 is 1.94 bits per heavy atom. The third-order valence-corrected chi connectivity index (χ3v) is 2.89. The van der Waals surface area contributed by atoms with Crippen LogP contribution in [-0.4, -0.2) is 0 Å². The van der Waals surface area contributed by atoms with E-state index < -0.39 is 0 Å². The zero-order valence-electron chi connectivity index (χ0n) is 13.4. The molecule has 1 aliphatic rings. The Labute approximate surface area is 107 Å². The SMILES string of the molecule is [2H]c1c([2H])c([2H])c(C2=CCc3cc(Cl)ccc32)c([2H])c1[2H]. The van der Waals surface area contributed by atoms with E-state index in [0.717, 1.165) is 11.1 Å². The van der Waals surface area contributed by atoms with Gasteiger partial charge in [0.1, 0.15) is 0 Å². The van der Waals surface area contributed by atoms with E-state index >= 15 is 0 Å². The molecule has 0 heterocycles. The average Bonchev–Trinajstić information content (AvgIpc) is 2.86. The number of fused-ring (bicyclic) bond motifs is 1. The normalized spacial score (nSPS) is 17.8. The molecule has 0 saturated carbocycles. The summed E-state index contributed by atoms with van der Waals surface area (Å²) in [5, 5.41) is 0.629. The van der Waals surface area contributed by atoms with Gasteiger partial charge in [-0.3, -0.25) is 0 Å². The van der Waals surface area contributed by atoms with Crippen molar-refractivity contribution in [2.45, 2.75) is 6.42 Å². The highest BCUT2D eigenvalue weighted by Gasteiger charge is 2.15. The first kappa shape index (κ1) is 5.70. The summed E-state index contributed by atoms with van der Waals surface area (Å²) >= 11 is 5.97. The van der Waals surface area contributed by atoms with E-state index in [1.54, 1.807) is 6.07 Å². The molecule has 3 rings (SSSR count). The van der Waals surface area contributed by atoms with Crippen LogP contribution in [0.1, 0.15) is 23.5 Å². The van der Waals surface area contributed by atoms with Gasteiger partial charge >= 0.3 is 0 Å². The van der Waals surface area contributed by atoms with E-state index in [-0.39, 0.29) is 35.8 Å². The Morgan fingerprint density at radius 3 is 2.75 bits per heavy atom. The lowest BCUT2D eigenvalue weighted by atomic mass is 9.99. The van der Waals surface area contributed by atoms with Gasteiger partial charge in [-0.15, -0.1) is 0 Å². The van der Waals surface area contributed by atoms with Crippen molar-refractivity contribution >= 4 is 17.2 Å². The molecule has 0 spiro atoms. The molecule has 0 bridgehead atoms. The van der Waals surface area contributed by atoms with Gasteiger partial charge in [-0.2, -0.15) is 0 Å². The summed E-state index contributed by atoms with van der Waals surface area (Å²) in [7, 11) is 0. The van der Waals surface area contributed by atoms with Crippen LogP contribution < -0.4 is 0 Å². The van der Waals surface area contributed by atoms with E-state index in [9.17, 15) is 0 Å². The van der Waals surface area contributed by atoms with E-state index in [1.807, 2.05) is 18.2 Å². The van der Waals surface area contributed by atoms with Gasteiger partial charge in [-0.25, -0.2) is 0 Å². The maximum Gasteiger partial charge on any atom is 0.0629 e. The van der Waals surface area contributed by atoms with E-state index in [0.29, 0.717) is 17.0 Å². The topological polar surface area (TPSA) is 0 Å². The van der Waals surface area contributed by atoms with E-state index in [2.05, 4.69) is 0 Å². The van der Waals surface area contributed by atoms with Crippen molar-refractivity contribution in [2.24, 2.45) is 0 Å². The number of halogens is 1. The Morgan fingerprint density at radius 1 is 1.12 bits per heavy atom. The maximum absolute atomic E-state index is 8.04. The van der Waals surface area contributed by atoms with Gasteiger partial charge in [0.15, 0.2) is 0 Å². The summed E-state index contributed by atoms with van der Waals surface area (Å²) in [6.07, 6.45) is 2.53. The van der Waals surface area contributed by atoms with Gasteiger partial charge in [-0.05, 0) is 40.8 Å². The van der Waals surface area contributed by atoms with E-state index in [1.165, 1.54) is 0 Å². The predicted molar refractivity (Wildman–Crippen MR) is 68.7 cm³/mol. The van der Waals surface area contributed by atoms with Gasteiger partial charge in [0.2, 0.25) is 0 Å². The van der Waals surface area contributed by atoms with Crippen molar-refractivity contribution < 1.29 is 6.85 Å². The molecule has 0 amide bonds. The Kier molecular flexibility index (Phi) is 1.35. The molecule has 1 heteroatoms. The molecule has 0 atom stereocenters. The summed E-state index contributed by atoms with van der Waals surface area (Å²) in [4.78, 5) is 0. The van der Waals surface area contributed by atoms with Crippen LogP contribution in [0.5, 0.6) is 0 Å². The van der Waals surface area contributed by atoms with Crippen LogP contribution in [0.2, 0.25) is 5.02 Å². The van der Waals surface area contributed by atoms with Crippen LogP contribution in [-0.2, 0) is 6.42 Å². The minimum Gasteiger partial charge on any atom is -0.0843 e. The van der Waals surface area contributed by atoms with Gasteiger partial charge in [0.05, 0.1) is 6.85 Å². The first-order chi connectivity index (χ1) is 9.91. The Bertz CT molecular complexity index is 766. The lowest BCUT2D eigenvalue weighted by Gasteiger charge is -2.06. The molecule has 0 aliphatic heterocycles. The smallest absolute Gasteiger partial charge is 0.0629 e. The summed E-state index contributed by atoms with van der Waals surface area (Å²) in [5.74, 6) is 0. The summed E-state index contributed by atoms with van der Waals surface area (Å²) in [5.41, 5.74) is 2.81. The first-order valence-electron chi connectivity index (χ1n) is 7.48. The molecule has 0 aromatic heterocycles. The fourth-order valence-electron chi connectivity index (χ4n) is 1.94. The lowest BCUT2D eigenvalue weighted by molar-refractivity contribution is 1.31. The van der Waals surface area contributed by atoms with Gasteiger partial charge in [0, 0.05) is 5.02 Å². The molecule has 0 radical (unpaired) electrons. The van der Waals surface area contributed by atoms with Crippen molar-refractivity contribution in [1.29, 1.82) is 0 Å². The molecule has 16 heavy (non-hydrogen) atoms. The van der Waals surface area contributed by atoms with Crippen LogP contribution in [0.4, 0.5) is 0 Å². The molecule has 0 fully saturated rings. The lowest BCUT2D eigenvalue weighted by Crippen LogP contribution is -1.86. The first-order valence-corrected chi connectivity index (χ1v) is 5.36. The molecule has 0 nitrogen and oxygen atoms in total. The minimum absolute atomic E-state index is 0.171. The number of hydrogen-bond donors (Lipinski definition) is 0. The Balaban J connectivity index is 2.26. The zero-order chi connectivity index (χ0) is 15.3. The fraction of sp³-hybridized carbons (Fsp3) is 0.0667. The summed E-state index contributed by atoms with van der Waals surface area (Å²) in [6.45, 7) is 0. The maximum atomic E-state index is 8.04.